The van der Waals surface area contributed by atoms with Crippen LogP contribution in [0.2, 0.25) is 5.15 Å². The fraction of sp³-hybridized carbons (Fsp3) is 0.417. The van der Waals surface area contributed by atoms with Crippen molar-refractivity contribution in [2.45, 2.75) is 6.42 Å². The van der Waals surface area contributed by atoms with Crippen LogP contribution < -0.4 is 10.6 Å². The van der Waals surface area contributed by atoms with Crippen LogP contribution in [-0.4, -0.2) is 48.4 Å². The van der Waals surface area contributed by atoms with Crippen molar-refractivity contribution in [1.82, 2.24) is 15.2 Å². The van der Waals surface area contributed by atoms with Gasteiger partial charge in [0, 0.05) is 38.7 Å². The first-order chi connectivity index (χ1) is 9.10. The van der Waals surface area contributed by atoms with Crippen molar-refractivity contribution in [3.63, 3.8) is 0 Å². The number of carbonyl (C=O) groups is 2. The second kappa shape index (κ2) is 5.88. The van der Waals surface area contributed by atoms with E-state index in [0.717, 1.165) is 0 Å². The van der Waals surface area contributed by atoms with Crippen molar-refractivity contribution in [3.05, 3.63) is 22.8 Å². The molecule has 0 atom stereocenters. The van der Waals surface area contributed by atoms with Crippen LogP contribution in [0, 0.1) is 0 Å². The van der Waals surface area contributed by atoms with Gasteiger partial charge in [-0.15, -0.1) is 0 Å². The average molecular weight is 283 g/mol. The van der Waals surface area contributed by atoms with E-state index in [-0.39, 0.29) is 17.0 Å². The van der Waals surface area contributed by atoms with Crippen molar-refractivity contribution in [1.29, 1.82) is 0 Å². The highest BCUT2D eigenvalue weighted by molar-refractivity contribution is 6.29. The highest BCUT2D eigenvalue weighted by atomic mass is 35.5. The lowest BCUT2D eigenvalue weighted by Crippen LogP contribution is -2.34. The van der Waals surface area contributed by atoms with E-state index in [1.807, 2.05) is 0 Å². The molecule has 1 aliphatic rings. The van der Waals surface area contributed by atoms with Gasteiger partial charge in [0.2, 0.25) is 5.91 Å². The Balaban J connectivity index is 2.18. The van der Waals surface area contributed by atoms with Crippen LogP contribution in [0.25, 0.3) is 0 Å². The molecule has 1 aliphatic heterocycles. The number of rotatable bonds is 2. The summed E-state index contributed by atoms with van der Waals surface area (Å²) >= 11 is 5.88. The molecule has 1 fully saturated rings. The maximum atomic E-state index is 12.4. The van der Waals surface area contributed by atoms with Gasteiger partial charge in [0.15, 0.2) is 0 Å². The molecular formula is C12H15ClN4O2. The minimum absolute atomic E-state index is 0.0287. The van der Waals surface area contributed by atoms with Gasteiger partial charge in [-0.05, 0) is 12.1 Å². The number of nitrogens with one attached hydrogen (secondary N) is 2. The molecule has 2 N–H and O–H groups in total. The van der Waals surface area contributed by atoms with E-state index in [9.17, 15) is 9.59 Å². The predicted octanol–water partition coefficient (Wildman–Crippen LogP) is 0.739. The zero-order valence-corrected chi connectivity index (χ0v) is 11.3. The van der Waals surface area contributed by atoms with Crippen LogP contribution in [0.15, 0.2) is 12.1 Å². The lowest BCUT2D eigenvalue weighted by atomic mass is 10.2. The third-order valence-electron chi connectivity index (χ3n) is 2.90. The first-order valence-corrected chi connectivity index (χ1v) is 6.39. The highest BCUT2D eigenvalue weighted by Crippen LogP contribution is 2.16. The van der Waals surface area contributed by atoms with Gasteiger partial charge in [-0.25, -0.2) is 4.98 Å². The molecule has 7 heteroatoms. The van der Waals surface area contributed by atoms with Crippen molar-refractivity contribution in [2.75, 3.05) is 32.0 Å². The van der Waals surface area contributed by atoms with E-state index >= 15 is 0 Å². The lowest BCUT2D eigenvalue weighted by molar-refractivity contribution is -0.120. The number of carbonyl (C=O) groups excluding carboxylic acids is 2. The van der Waals surface area contributed by atoms with Gasteiger partial charge >= 0.3 is 0 Å². The number of pyridine rings is 1. The van der Waals surface area contributed by atoms with E-state index in [1.54, 1.807) is 18.0 Å². The van der Waals surface area contributed by atoms with Gasteiger partial charge in [0.25, 0.3) is 5.91 Å². The normalized spacial score (nSPS) is 15.7. The molecular weight excluding hydrogens is 268 g/mol. The van der Waals surface area contributed by atoms with Gasteiger partial charge in [-0.2, -0.15) is 0 Å². The van der Waals surface area contributed by atoms with E-state index < -0.39 is 0 Å². The van der Waals surface area contributed by atoms with Crippen molar-refractivity contribution >= 4 is 29.2 Å². The topological polar surface area (TPSA) is 74.3 Å². The van der Waals surface area contributed by atoms with E-state index in [0.29, 0.717) is 37.4 Å². The molecule has 1 aromatic rings. The monoisotopic (exact) mass is 282 g/mol. The molecule has 102 valence electrons. The SMILES string of the molecule is CNc1cc(C(=O)N2CCNC(=O)CC2)cc(Cl)n1. The molecule has 0 saturated carbocycles. The van der Waals surface area contributed by atoms with E-state index in [4.69, 9.17) is 11.6 Å². The zero-order valence-electron chi connectivity index (χ0n) is 10.6. The Morgan fingerprint density at radius 1 is 1.47 bits per heavy atom. The molecule has 19 heavy (non-hydrogen) atoms. The summed E-state index contributed by atoms with van der Waals surface area (Å²) in [4.78, 5) is 29.3. The summed E-state index contributed by atoms with van der Waals surface area (Å²) in [6.45, 7) is 1.39. The van der Waals surface area contributed by atoms with Crippen molar-refractivity contribution < 1.29 is 9.59 Å². The fourth-order valence-corrected chi connectivity index (χ4v) is 2.11. The molecule has 0 bridgehead atoms. The largest absolute Gasteiger partial charge is 0.373 e. The lowest BCUT2D eigenvalue weighted by Gasteiger charge is -2.19. The summed E-state index contributed by atoms with van der Waals surface area (Å²) in [5, 5.41) is 5.85. The molecule has 2 heterocycles. The van der Waals surface area contributed by atoms with Gasteiger partial charge in [-0.1, -0.05) is 11.6 Å². The van der Waals surface area contributed by atoms with E-state index in [2.05, 4.69) is 15.6 Å². The Bertz CT molecular complexity index is 507. The number of hydrogen-bond donors (Lipinski definition) is 2. The molecule has 0 spiro atoms. The maximum absolute atomic E-state index is 12.4. The number of nitrogens with zero attached hydrogens (tertiary/aromatic N) is 2. The summed E-state index contributed by atoms with van der Waals surface area (Å²) in [6.07, 6.45) is 0.323. The molecule has 0 radical (unpaired) electrons. The third-order valence-corrected chi connectivity index (χ3v) is 3.09. The second-order valence-electron chi connectivity index (χ2n) is 4.21. The highest BCUT2D eigenvalue weighted by Gasteiger charge is 2.20. The van der Waals surface area contributed by atoms with Crippen LogP contribution in [0.3, 0.4) is 0 Å². The van der Waals surface area contributed by atoms with Gasteiger partial charge in [0.05, 0.1) is 0 Å². The molecule has 2 rings (SSSR count). The fourth-order valence-electron chi connectivity index (χ4n) is 1.90. The predicted molar refractivity (Wildman–Crippen MR) is 72.3 cm³/mol. The Hall–Kier alpha value is -1.82. The quantitative estimate of drug-likeness (QED) is 0.785. The molecule has 6 nitrogen and oxygen atoms in total. The smallest absolute Gasteiger partial charge is 0.254 e. The summed E-state index contributed by atoms with van der Waals surface area (Å²) in [6, 6.07) is 3.18. The number of anilines is 1. The molecule has 0 aliphatic carbocycles. The second-order valence-corrected chi connectivity index (χ2v) is 4.59. The van der Waals surface area contributed by atoms with Crippen LogP contribution in [-0.2, 0) is 4.79 Å². The summed E-state index contributed by atoms with van der Waals surface area (Å²) in [5.74, 6) is 0.371. The number of aromatic nitrogens is 1. The maximum Gasteiger partial charge on any atom is 0.254 e. The number of hydrogen-bond acceptors (Lipinski definition) is 4. The third kappa shape index (κ3) is 3.35. The zero-order chi connectivity index (χ0) is 13.8. The van der Waals surface area contributed by atoms with Crippen LogP contribution in [0.4, 0.5) is 5.82 Å². The van der Waals surface area contributed by atoms with Crippen molar-refractivity contribution in [3.8, 4) is 0 Å². The molecule has 0 aromatic carbocycles. The summed E-state index contributed by atoms with van der Waals surface area (Å²) in [7, 11) is 1.71. The molecule has 0 unspecified atom stereocenters. The molecule has 1 aromatic heterocycles. The van der Waals surface area contributed by atoms with Gasteiger partial charge in [0.1, 0.15) is 11.0 Å². The summed E-state index contributed by atoms with van der Waals surface area (Å²) in [5.41, 5.74) is 0.471. The minimum atomic E-state index is -0.141. The Labute approximate surface area is 116 Å². The number of halogens is 1. The molecule has 2 amide bonds. The van der Waals surface area contributed by atoms with Crippen molar-refractivity contribution in [2.24, 2.45) is 0 Å². The first-order valence-electron chi connectivity index (χ1n) is 6.01. The Kier molecular flexibility index (Phi) is 4.21. The van der Waals surface area contributed by atoms with Gasteiger partial charge in [-0.3, -0.25) is 9.59 Å². The van der Waals surface area contributed by atoms with Crippen LogP contribution in [0.1, 0.15) is 16.8 Å². The standard InChI is InChI=1S/C12H15ClN4O2/c1-14-10-7-8(6-9(13)16-10)12(19)17-4-2-11(18)15-3-5-17/h6-7H,2-5H2,1H3,(H,14,16)(H,15,18). The summed E-state index contributed by atoms with van der Waals surface area (Å²) < 4.78 is 0. The van der Waals surface area contributed by atoms with Gasteiger partial charge < -0.3 is 15.5 Å². The Morgan fingerprint density at radius 3 is 3.00 bits per heavy atom. The van der Waals surface area contributed by atoms with E-state index in [1.165, 1.54) is 6.07 Å². The average Bonchev–Trinajstić information content (AvgIpc) is 2.62. The number of amides is 2. The first kappa shape index (κ1) is 13.6. The molecule has 1 saturated heterocycles. The van der Waals surface area contributed by atoms with Crippen LogP contribution in [0.5, 0.6) is 0 Å². The Morgan fingerprint density at radius 2 is 2.26 bits per heavy atom. The minimum Gasteiger partial charge on any atom is -0.373 e. The van der Waals surface area contributed by atoms with Crippen LogP contribution >= 0.6 is 11.6 Å².